The summed E-state index contributed by atoms with van der Waals surface area (Å²) in [4.78, 5) is 22.1. The van der Waals surface area contributed by atoms with E-state index in [4.69, 9.17) is 5.11 Å². The first-order chi connectivity index (χ1) is 9.65. The lowest BCUT2D eigenvalue weighted by Gasteiger charge is -2.05. The van der Waals surface area contributed by atoms with Gasteiger partial charge in [0.2, 0.25) is 5.91 Å². The van der Waals surface area contributed by atoms with Gasteiger partial charge >= 0.3 is 5.97 Å². The van der Waals surface area contributed by atoms with E-state index >= 15 is 0 Å². The van der Waals surface area contributed by atoms with Crippen molar-refractivity contribution in [1.29, 1.82) is 0 Å². The number of carboxylic acids is 1. The molecule has 2 aromatic carbocycles. The molecule has 2 aromatic rings. The van der Waals surface area contributed by atoms with Crippen molar-refractivity contribution < 1.29 is 14.7 Å². The number of rotatable bonds is 6. The van der Waals surface area contributed by atoms with Crippen molar-refractivity contribution in [2.75, 3.05) is 6.54 Å². The molecule has 0 atom stereocenters. The highest BCUT2D eigenvalue weighted by Crippen LogP contribution is 2.15. The third-order valence-electron chi connectivity index (χ3n) is 3.07. The van der Waals surface area contributed by atoms with Crippen LogP contribution in [-0.2, 0) is 16.0 Å². The lowest BCUT2D eigenvalue weighted by Crippen LogP contribution is -2.26. The van der Waals surface area contributed by atoms with E-state index in [0.717, 1.165) is 16.3 Å². The lowest BCUT2D eigenvalue weighted by molar-refractivity contribution is -0.137. The van der Waals surface area contributed by atoms with E-state index in [1.54, 1.807) is 0 Å². The number of benzene rings is 2. The van der Waals surface area contributed by atoms with Gasteiger partial charge in [-0.3, -0.25) is 9.59 Å². The number of amides is 1. The molecule has 0 bridgehead atoms. The summed E-state index contributed by atoms with van der Waals surface area (Å²) < 4.78 is 0. The van der Waals surface area contributed by atoms with Gasteiger partial charge in [-0.2, -0.15) is 0 Å². The van der Waals surface area contributed by atoms with Crippen LogP contribution < -0.4 is 5.32 Å². The molecule has 4 nitrogen and oxygen atoms in total. The SMILES string of the molecule is O=C(O)CCCNC(=O)Cc1ccc2ccccc2c1. The van der Waals surface area contributed by atoms with Crippen molar-refractivity contribution in [3.63, 3.8) is 0 Å². The monoisotopic (exact) mass is 271 g/mol. The summed E-state index contributed by atoms with van der Waals surface area (Å²) in [5.41, 5.74) is 0.958. The Kier molecular flexibility index (Phi) is 4.71. The normalized spacial score (nSPS) is 10.4. The number of fused-ring (bicyclic) bond motifs is 1. The molecule has 0 fully saturated rings. The average molecular weight is 271 g/mol. The summed E-state index contributed by atoms with van der Waals surface area (Å²) in [6, 6.07) is 14.0. The second-order valence-electron chi connectivity index (χ2n) is 4.71. The van der Waals surface area contributed by atoms with Crippen molar-refractivity contribution in [2.45, 2.75) is 19.3 Å². The molecule has 0 saturated heterocycles. The van der Waals surface area contributed by atoms with Gasteiger partial charge in [-0.1, -0.05) is 42.5 Å². The minimum atomic E-state index is -0.839. The van der Waals surface area contributed by atoms with Gasteiger partial charge in [0.05, 0.1) is 6.42 Å². The second kappa shape index (κ2) is 6.70. The molecule has 0 aliphatic heterocycles. The number of carbonyl (C=O) groups is 2. The fraction of sp³-hybridized carbons (Fsp3) is 0.250. The molecular weight excluding hydrogens is 254 g/mol. The van der Waals surface area contributed by atoms with Crippen molar-refractivity contribution in [3.8, 4) is 0 Å². The molecule has 0 unspecified atom stereocenters. The minimum absolute atomic E-state index is 0.0781. The molecule has 20 heavy (non-hydrogen) atoms. The van der Waals surface area contributed by atoms with E-state index in [0.29, 0.717) is 19.4 Å². The van der Waals surface area contributed by atoms with E-state index in [-0.39, 0.29) is 12.3 Å². The second-order valence-corrected chi connectivity index (χ2v) is 4.71. The van der Waals surface area contributed by atoms with Gasteiger partial charge in [0, 0.05) is 13.0 Å². The van der Waals surface area contributed by atoms with Crippen LogP contribution in [0, 0.1) is 0 Å². The Balaban J connectivity index is 1.88. The van der Waals surface area contributed by atoms with Crippen LogP contribution in [0.15, 0.2) is 42.5 Å². The Morgan fingerprint density at radius 1 is 1.05 bits per heavy atom. The number of carbonyl (C=O) groups excluding carboxylic acids is 1. The summed E-state index contributed by atoms with van der Waals surface area (Å²) >= 11 is 0. The highest BCUT2D eigenvalue weighted by molar-refractivity contribution is 5.85. The van der Waals surface area contributed by atoms with Crippen molar-refractivity contribution in [3.05, 3.63) is 48.0 Å². The molecule has 0 aliphatic carbocycles. The van der Waals surface area contributed by atoms with Gasteiger partial charge in [0.15, 0.2) is 0 Å². The topological polar surface area (TPSA) is 66.4 Å². The number of hydrogen-bond acceptors (Lipinski definition) is 2. The maximum atomic E-state index is 11.7. The van der Waals surface area contributed by atoms with Crippen molar-refractivity contribution in [1.82, 2.24) is 5.32 Å². The zero-order valence-corrected chi connectivity index (χ0v) is 11.1. The first kappa shape index (κ1) is 14.1. The van der Waals surface area contributed by atoms with E-state index in [9.17, 15) is 9.59 Å². The highest BCUT2D eigenvalue weighted by atomic mass is 16.4. The summed E-state index contributed by atoms with van der Waals surface area (Å²) in [6.45, 7) is 0.402. The Hall–Kier alpha value is -2.36. The maximum absolute atomic E-state index is 11.7. The molecule has 1 amide bonds. The molecule has 0 spiro atoms. The number of nitrogens with one attached hydrogen (secondary N) is 1. The van der Waals surface area contributed by atoms with Crippen molar-refractivity contribution >= 4 is 22.6 Å². The predicted octanol–water partition coefficient (Wildman–Crippen LogP) is 2.36. The third-order valence-corrected chi connectivity index (χ3v) is 3.07. The van der Waals surface area contributed by atoms with Gasteiger partial charge in [0.1, 0.15) is 0 Å². The predicted molar refractivity (Wildman–Crippen MR) is 77.5 cm³/mol. The molecule has 0 radical (unpaired) electrons. The van der Waals surface area contributed by atoms with Crippen LogP contribution >= 0.6 is 0 Å². The summed E-state index contributed by atoms with van der Waals surface area (Å²) in [7, 11) is 0. The largest absolute Gasteiger partial charge is 0.481 e. The van der Waals surface area contributed by atoms with Crippen molar-refractivity contribution in [2.24, 2.45) is 0 Å². The van der Waals surface area contributed by atoms with Crippen LogP contribution in [0.5, 0.6) is 0 Å². The van der Waals surface area contributed by atoms with Crippen LogP contribution in [0.25, 0.3) is 10.8 Å². The number of carboxylic acid groups (broad SMARTS) is 1. The summed E-state index contributed by atoms with van der Waals surface area (Å²) in [6.07, 6.45) is 0.854. The summed E-state index contributed by atoms with van der Waals surface area (Å²) in [5.74, 6) is -0.917. The molecule has 104 valence electrons. The highest BCUT2D eigenvalue weighted by Gasteiger charge is 2.04. The minimum Gasteiger partial charge on any atom is -0.481 e. The van der Waals surface area contributed by atoms with Crippen LogP contribution in [0.1, 0.15) is 18.4 Å². The van der Waals surface area contributed by atoms with E-state index < -0.39 is 5.97 Å². The fourth-order valence-corrected chi connectivity index (χ4v) is 2.06. The number of aliphatic carboxylic acids is 1. The first-order valence-electron chi connectivity index (χ1n) is 6.61. The molecule has 0 heterocycles. The van der Waals surface area contributed by atoms with E-state index in [1.807, 2.05) is 42.5 Å². The molecule has 0 saturated carbocycles. The number of hydrogen-bond donors (Lipinski definition) is 2. The molecular formula is C16H17NO3. The fourth-order valence-electron chi connectivity index (χ4n) is 2.06. The average Bonchev–Trinajstić information content (AvgIpc) is 2.43. The molecule has 0 aromatic heterocycles. The Morgan fingerprint density at radius 2 is 1.80 bits per heavy atom. The summed E-state index contributed by atoms with van der Waals surface area (Å²) in [5, 5.41) is 13.5. The smallest absolute Gasteiger partial charge is 0.303 e. The first-order valence-corrected chi connectivity index (χ1v) is 6.61. The zero-order chi connectivity index (χ0) is 14.4. The Bertz CT molecular complexity index is 622. The van der Waals surface area contributed by atoms with E-state index in [1.165, 1.54) is 0 Å². The van der Waals surface area contributed by atoms with Crippen LogP contribution in [0.3, 0.4) is 0 Å². The quantitative estimate of drug-likeness (QED) is 0.793. The van der Waals surface area contributed by atoms with Gasteiger partial charge in [-0.05, 0) is 22.8 Å². The molecule has 2 N–H and O–H groups in total. The van der Waals surface area contributed by atoms with Crippen LogP contribution in [-0.4, -0.2) is 23.5 Å². The standard InChI is InChI=1S/C16H17NO3/c18-15(17-9-3-6-16(19)20)11-12-7-8-13-4-1-2-5-14(13)10-12/h1-2,4-5,7-8,10H,3,6,9,11H2,(H,17,18)(H,19,20). The Labute approximate surface area is 117 Å². The molecule has 2 rings (SSSR count). The maximum Gasteiger partial charge on any atom is 0.303 e. The molecule has 4 heteroatoms. The zero-order valence-electron chi connectivity index (χ0n) is 11.1. The molecule has 0 aliphatic rings. The van der Waals surface area contributed by atoms with Gasteiger partial charge in [0.25, 0.3) is 0 Å². The third kappa shape index (κ3) is 4.09. The Morgan fingerprint density at radius 3 is 2.55 bits per heavy atom. The van der Waals surface area contributed by atoms with Gasteiger partial charge in [-0.15, -0.1) is 0 Å². The van der Waals surface area contributed by atoms with Gasteiger partial charge < -0.3 is 10.4 Å². The van der Waals surface area contributed by atoms with Gasteiger partial charge in [-0.25, -0.2) is 0 Å². The van der Waals surface area contributed by atoms with Crippen LogP contribution in [0.4, 0.5) is 0 Å². The lowest BCUT2D eigenvalue weighted by atomic mass is 10.0. The van der Waals surface area contributed by atoms with Crippen LogP contribution in [0.2, 0.25) is 0 Å². The van der Waals surface area contributed by atoms with E-state index in [2.05, 4.69) is 5.32 Å².